The first kappa shape index (κ1) is 27.9. The molecule has 34 heavy (non-hydrogen) atoms. The topological polar surface area (TPSA) is 75.4 Å². The SMILES string of the molecule is CC.N[C@@H]1CCCC[C@H]1C(=O)N1CCC(CC(=O)Nc2cc(C(F)(F)F)cc(C(F)(F)F)c2)C1. The quantitative estimate of drug-likeness (QED) is 0.546. The van der Waals surface area contributed by atoms with Crippen molar-refractivity contribution in [1.29, 1.82) is 0 Å². The molecule has 1 aliphatic heterocycles. The van der Waals surface area contributed by atoms with Crippen LogP contribution in [0.3, 0.4) is 0 Å². The minimum Gasteiger partial charge on any atom is -0.342 e. The molecular weight excluding hydrogens is 464 g/mol. The number of carbonyl (C=O) groups excluding carboxylic acids is 2. The normalized spacial score (nSPS) is 23.2. The maximum atomic E-state index is 13.0. The fourth-order valence-electron chi connectivity index (χ4n) is 4.40. The fourth-order valence-corrected chi connectivity index (χ4v) is 4.40. The summed E-state index contributed by atoms with van der Waals surface area (Å²) in [6.07, 6.45) is -6.15. The summed E-state index contributed by atoms with van der Waals surface area (Å²) in [6.45, 7) is 4.76. The molecule has 1 aliphatic carbocycles. The van der Waals surface area contributed by atoms with E-state index in [2.05, 4.69) is 5.32 Å². The van der Waals surface area contributed by atoms with Crippen LogP contribution < -0.4 is 11.1 Å². The van der Waals surface area contributed by atoms with Gasteiger partial charge in [-0.1, -0.05) is 26.7 Å². The molecule has 0 spiro atoms. The Kier molecular flexibility index (Phi) is 9.38. The van der Waals surface area contributed by atoms with Gasteiger partial charge in [0, 0.05) is 31.2 Å². The molecule has 2 amide bonds. The number of nitrogens with one attached hydrogen (secondary N) is 1. The predicted octanol–water partition coefficient (Wildman–Crippen LogP) is 5.45. The monoisotopic (exact) mass is 495 g/mol. The molecule has 0 radical (unpaired) electrons. The fraction of sp³-hybridized carbons (Fsp3) is 0.652. The van der Waals surface area contributed by atoms with Crippen LogP contribution in [0.15, 0.2) is 18.2 Å². The van der Waals surface area contributed by atoms with Crippen molar-refractivity contribution in [2.24, 2.45) is 17.6 Å². The molecule has 3 atom stereocenters. The van der Waals surface area contributed by atoms with Gasteiger partial charge in [-0.15, -0.1) is 0 Å². The Hall–Kier alpha value is -2.30. The van der Waals surface area contributed by atoms with E-state index >= 15 is 0 Å². The zero-order chi connectivity index (χ0) is 25.7. The molecule has 1 saturated carbocycles. The van der Waals surface area contributed by atoms with Gasteiger partial charge in [-0.25, -0.2) is 0 Å². The Bertz CT molecular complexity index is 824. The van der Waals surface area contributed by atoms with Crippen LogP contribution in [0.25, 0.3) is 0 Å². The summed E-state index contributed by atoms with van der Waals surface area (Å²) < 4.78 is 77.8. The van der Waals surface area contributed by atoms with E-state index in [1.54, 1.807) is 4.90 Å². The number of benzene rings is 1. The highest BCUT2D eigenvalue weighted by Crippen LogP contribution is 2.37. The van der Waals surface area contributed by atoms with Crippen LogP contribution >= 0.6 is 0 Å². The third kappa shape index (κ3) is 7.35. The molecular formula is C23H31F6N3O2. The first-order valence-corrected chi connectivity index (χ1v) is 11.5. The molecule has 2 fully saturated rings. The van der Waals surface area contributed by atoms with E-state index in [-0.39, 0.29) is 36.3 Å². The van der Waals surface area contributed by atoms with Crippen LogP contribution in [0.5, 0.6) is 0 Å². The van der Waals surface area contributed by atoms with E-state index in [1.165, 1.54) is 0 Å². The molecule has 192 valence electrons. The van der Waals surface area contributed by atoms with Crippen molar-refractivity contribution in [2.45, 2.75) is 70.8 Å². The number of rotatable bonds is 4. The average molecular weight is 496 g/mol. The van der Waals surface area contributed by atoms with Gasteiger partial charge in [0.2, 0.25) is 11.8 Å². The van der Waals surface area contributed by atoms with Crippen LogP contribution in [0.2, 0.25) is 0 Å². The lowest BCUT2D eigenvalue weighted by Gasteiger charge is -2.31. The van der Waals surface area contributed by atoms with Gasteiger partial charge in [-0.2, -0.15) is 26.3 Å². The van der Waals surface area contributed by atoms with Crippen molar-refractivity contribution in [2.75, 3.05) is 18.4 Å². The van der Waals surface area contributed by atoms with Gasteiger partial charge in [-0.3, -0.25) is 9.59 Å². The first-order valence-electron chi connectivity index (χ1n) is 11.5. The molecule has 1 unspecified atom stereocenters. The van der Waals surface area contributed by atoms with Crippen LogP contribution in [-0.4, -0.2) is 35.8 Å². The number of amides is 2. The number of likely N-dealkylation sites (tertiary alicyclic amines) is 1. The van der Waals surface area contributed by atoms with E-state index in [1.807, 2.05) is 13.8 Å². The molecule has 1 aromatic carbocycles. The third-order valence-electron chi connectivity index (χ3n) is 6.08. The number of nitrogens with zero attached hydrogens (tertiary/aromatic N) is 1. The molecule has 1 aromatic rings. The van der Waals surface area contributed by atoms with Gasteiger partial charge < -0.3 is 16.0 Å². The van der Waals surface area contributed by atoms with Crippen molar-refractivity contribution in [3.05, 3.63) is 29.3 Å². The van der Waals surface area contributed by atoms with Crippen molar-refractivity contribution >= 4 is 17.5 Å². The van der Waals surface area contributed by atoms with Crippen molar-refractivity contribution in [1.82, 2.24) is 4.90 Å². The second-order valence-electron chi connectivity index (χ2n) is 8.54. The molecule has 2 aliphatic rings. The second kappa shape index (κ2) is 11.4. The summed E-state index contributed by atoms with van der Waals surface area (Å²) >= 11 is 0. The zero-order valence-corrected chi connectivity index (χ0v) is 19.2. The number of alkyl halides is 6. The van der Waals surface area contributed by atoms with Gasteiger partial charge in [0.1, 0.15) is 0 Å². The van der Waals surface area contributed by atoms with Crippen LogP contribution in [-0.2, 0) is 21.9 Å². The Morgan fingerprint density at radius 3 is 2.06 bits per heavy atom. The summed E-state index contributed by atoms with van der Waals surface area (Å²) in [5.74, 6) is -1.23. The lowest BCUT2D eigenvalue weighted by molar-refractivity contribution is -0.143. The van der Waals surface area contributed by atoms with Crippen LogP contribution in [0.4, 0.5) is 32.0 Å². The Labute approximate surface area is 195 Å². The van der Waals surface area contributed by atoms with E-state index in [9.17, 15) is 35.9 Å². The van der Waals surface area contributed by atoms with E-state index < -0.39 is 35.1 Å². The highest BCUT2D eigenvalue weighted by molar-refractivity contribution is 5.91. The summed E-state index contributed by atoms with van der Waals surface area (Å²) in [4.78, 5) is 26.7. The Morgan fingerprint density at radius 2 is 1.53 bits per heavy atom. The maximum absolute atomic E-state index is 13.0. The van der Waals surface area contributed by atoms with E-state index in [0.29, 0.717) is 31.6 Å². The molecule has 1 saturated heterocycles. The summed E-state index contributed by atoms with van der Waals surface area (Å²) in [7, 11) is 0. The maximum Gasteiger partial charge on any atom is 0.416 e. The molecule has 0 bridgehead atoms. The summed E-state index contributed by atoms with van der Waals surface area (Å²) in [5, 5.41) is 2.15. The van der Waals surface area contributed by atoms with Gasteiger partial charge in [0.05, 0.1) is 17.0 Å². The number of anilines is 1. The minimum atomic E-state index is -4.99. The zero-order valence-electron chi connectivity index (χ0n) is 19.2. The molecule has 1 heterocycles. The number of hydrogen-bond donors (Lipinski definition) is 2. The smallest absolute Gasteiger partial charge is 0.342 e. The molecule has 3 N–H and O–H groups in total. The lowest BCUT2D eigenvalue weighted by atomic mass is 9.84. The van der Waals surface area contributed by atoms with Gasteiger partial charge in [0.15, 0.2) is 0 Å². The number of nitrogens with two attached hydrogens (primary N) is 1. The average Bonchev–Trinajstić information content (AvgIpc) is 3.22. The second-order valence-corrected chi connectivity index (χ2v) is 8.54. The van der Waals surface area contributed by atoms with Crippen molar-refractivity contribution in [3.8, 4) is 0 Å². The van der Waals surface area contributed by atoms with Gasteiger partial charge >= 0.3 is 12.4 Å². The molecule has 11 heteroatoms. The number of carbonyl (C=O) groups is 2. The van der Waals surface area contributed by atoms with Gasteiger partial charge in [-0.05, 0) is 43.4 Å². The minimum absolute atomic E-state index is 0.00604. The van der Waals surface area contributed by atoms with E-state index in [4.69, 9.17) is 5.73 Å². The first-order chi connectivity index (χ1) is 15.8. The summed E-state index contributed by atoms with van der Waals surface area (Å²) in [5.41, 5.74) is 2.50. The molecule has 0 aromatic heterocycles. The number of halogens is 6. The van der Waals surface area contributed by atoms with E-state index in [0.717, 1.165) is 25.7 Å². The standard InChI is InChI=1S/C21H25F6N3O2.C2H6/c22-20(23,24)13-8-14(21(25,26)27)10-15(9-13)29-18(31)7-12-5-6-30(11-12)19(32)16-3-1-2-4-17(16)28;1-2/h8-10,12,16-17H,1-7,11,28H2,(H,29,31);1-2H3/t12?,16-,17-;/m1./s1. The number of hydrogen-bond acceptors (Lipinski definition) is 3. The predicted molar refractivity (Wildman–Crippen MR) is 116 cm³/mol. The molecule has 3 rings (SSSR count). The van der Waals surface area contributed by atoms with Gasteiger partial charge in [0.25, 0.3) is 0 Å². The lowest BCUT2D eigenvalue weighted by Crippen LogP contribution is -2.45. The largest absolute Gasteiger partial charge is 0.416 e. The highest BCUT2D eigenvalue weighted by Gasteiger charge is 2.38. The Morgan fingerprint density at radius 1 is 0.971 bits per heavy atom. The van der Waals surface area contributed by atoms with Crippen molar-refractivity contribution in [3.63, 3.8) is 0 Å². The molecule has 5 nitrogen and oxygen atoms in total. The van der Waals surface area contributed by atoms with Crippen molar-refractivity contribution < 1.29 is 35.9 Å². The Balaban J connectivity index is 0.00000199. The highest BCUT2D eigenvalue weighted by atomic mass is 19.4. The van der Waals surface area contributed by atoms with Crippen LogP contribution in [0, 0.1) is 11.8 Å². The van der Waals surface area contributed by atoms with Crippen LogP contribution in [0.1, 0.15) is 63.5 Å². The third-order valence-corrected chi connectivity index (χ3v) is 6.08. The summed E-state index contributed by atoms with van der Waals surface area (Å²) in [6, 6.07) is 0.762.